The van der Waals surface area contributed by atoms with Crippen molar-refractivity contribution in [2.45, 2.75) is 52.5 Å². The Morgan fingerprint density at radius 2 is 1.95 bits per heavy atom. The van der Waals surface area contributed by atoms with Crippen molar-refractivity contribution in [3.63, 3.8) is 0 Å². The Morgan fingerprint density at radius 1 is 1.24 bits per heavy atom. The van der Waals surface area contributed by atoms with Gasteiger partial charge in [-0.2, -0.15) is 0 Å². The van der Waals surface area contributed by atoms with E-state index < -0.39 is 0 Å². The van der Waals surface area contributed by atoms with Crippen molar-refractivity contribution in [1.29, 1.82) is 0 Å². The molecular formula is C18H27Cl2N. The highest BCUT2D eigenvalue weighted by molar-refractivity contribution is 6.35. The summed E-state index contributed by atoms with van der Waals surface area (Å²) in [6, 6.07) is 6.48. The molecule has 0 spiro atoms. The van der Waals surface area contributed by atoms with Gasteiger partial charge in [0.25, 0.3) is 0 Å². The van der Waals surface area contributed by atoms with Gasteiger partial charge in [0.15, 0.2) is 0 Å². The molecule has 21 heavy (non-hydrogen) atoms. The molecule has 1 nitrogen and oxygen atoms in total. The van der Waals surface area contributed by atoms with Crippen LogP contribution in [0.2, 0.25) is 10.0 Å². The largest absolute Gasteiger partial charge is 0.317 e. The molecule has 0 aliphatic heterocycles. The standard InChI is InChI=1S/C18H27Cl2N/c1-12-5-8-15(17(9-12)21-4)18(2,3)11-13-6-7-14(19)10-16(13)20/h6-7,10,12,15,17,21H,5,8-9,11H2,1-4H3. The van der Waals surface area contributed by atoms with Gasteiger partial charge in [-0.25, -0.2) is 0 Å². The summed E-state index contributed by atoms with van der Waals surface area (Å²) in [4.78, 5) is 0. The summed E-state index contributed by atoms with van der Waals surface area (Å²) in [6.07, 6.45) is 4.91. The second kappa shape index (κ2) is 6.89. The maximum Gasteiger partial charge on any atom is 0.0453 e. The second-order valence-electron chi connectivity index (χ2n) is 7.32. The average molecular weight is 328 g/mol. The van der Waals surface area contributed by atoms with E-state index in [1.165, 1.54) is 24.8 Å². The third-order valence-electron chi connectivity index (χ3n) is 5.15. The zero-order valence-corrected chi connectivity index (χ0v) is 15.1. The lowest BCUT2D eigenvalue weighted by Gasteiger charge is -2.44. The van der Waals surface area contributed by atoms with Gasteiger partial charge in [0.05, 0.1) is 0 Å². The van der Waals surface area contributed by atoms with Gasteiger partial charge in [0.1, 0.15) is 0 Å². The molecule has 1 N–H and O–H groups in total. The molecule has 0 amide bonds. The van der Waals surface area contributed by atoms with E-state index in [0.717, 1.165) is 17.4 Å². The van der Waals surface area contributed by atoms with E-state index in [-0.39, 0.29) is 5.41 Å². The van der Waals surface area contributed by atoms with Gasteiger partial charge >= 0.3 is 0 Å². The fraction of sp³-hybridized carbons (Fsp3) is 0.667. The molecule has 1 aromatic carbocycles. The third kappa shape index (κ3) is 4.15. The van der Waals surface area contributed by atoms with Crippen LogP contribution in [0.25, 0.3) is 0 Å². The molecule has 0 bridgehead atoms. The van der Waals surface area contributed by atoms with E-state index in [9.17, 15) is 0 Å². The number of hydrogen-bond acceptors (Lipinski definition) is 1. The van der Waals surface area contributed by atoms with Gasteiger partial charge in [-0.05, 0) is 61.3 Å². The van der Waals surface area contributed by atoms with Crippen LogP contribution in [0.3, 0.4) is 0 Å². The van der Waals surface area contributed by atoms with Crippen molar-refractivity contribution in [1.82, 2.24) is 5.32 Å². The van der Waals surface area contributed by atoms with E-state index in [1.54, 1.807) is 0 Å². The Bertz CT molecular complexity index is 484. The Balaban J connectivity index is 2.16. The summed E-state index contributed by atoms with van der Waals surface area (Å²) in [6.45, 7) is 7.12. The van der Waals surface area contributed by atoms with E-state index in [1.807, 2.05) is 12.1 Å². The van der Waals surface area contributed by atoms with Crippen molar-refractivity contribution in [3.8, 4) is 0 Å². The van der Waals surface area contributed by atoms with Crippen LogP contribution in [-0.4, -0.2) is 13.1 Å². The van der Waals surface area contributed by atoms with E-state index in [4.69, 9.17) is 23.2 Å². The molecule has 0 aromatic heterocycles. The monoisotopic (exact) mass is 327 g/mol. The molecule has 0 saturated heterocycles. The Kier molecular flexibility index (Phi) is 5.62. The van der Waals surface area contributed by atoms with Crippen LogP contribution in [0.4, 0.5) is 0 Å². The summed E-state index contributed by atoms with van der Waals surface area (Å²) in [5, 5.41) is 5.05. The van der Waals surface area contributed by atoms with Gasteiger partial charge in [-0.3, -0.25) is 0 Å². The van der Waals surface area contributed by atoms with Crippen molar-refractivity contribution in [2.24, 2.45) is 17.3 Å². The zero-order valence-electron chi connectivity index (χ0n) is 13.5. The SMILES string of the molecule is CNC1CC(C)CCC1C(C)(C)Cc1ccc(Cl)cc1Cl. The number of hydrogen-bond donors (Lipinski definition) is 1. The predicted molar refractivity (Wildman–Crippen MR) is 93.3 cm³/mol. The highest BCUT2D eigenvalue weighted by atomic mass is 35.5. The smallest absolute Gasteiger partial charge is 0.0453 e. The summed E-state index contributed by atoms with van der Waals surface area (Å²) in [5.74, 6) is 1.51. The molecule has 118 valence electrons. The van der Waals surface area contributed by atoms with Crippen LogP contribution >= 0.6 is 23.2 Å². The van der Waals surface area contributed by atoms with Crippen molar-refractivity contribution in [3.05, 3.63) is 33.8 Å². The fourth-order valence-electron chi connectivity index (χ4n) is 3.92. The maximum absolute atomic E-state index is 6.37. The number of benzene rings is 1. The molecule has 1 saturated carbocycles. The minimum absolute atomic E-state index is 0.227. The fourth-order valence-corrected chi connectivity index (χ4v) is 4.40. The summed E-state index contributed by atoms with van der Waals surface area (Å²) in [5.41, 5.74) is 1.44. The first-order valence-electron chi connectivity index (χ1n) is 7.94. The number of halogens is 2. The molecule has 1 fully saturated rings. The van der Waals surface area contributed by atoms with E-state index in [2.05, 4.69) is 39.2 Å². The van der Waals surface area contributed by atoms with Crippen LogP contribution in [-0.2, 0) is 6.42 Å². The maximum atomic E-state index is 6.37. The topological polar surface area (TPSA) is 12.0 Å². The minimum atomic E-state index is 0.227. The Hall–Kier alpha value is -0.240. The summed E-state index contributed by atoms with van der Waals surface area (Å²) >= 11 is 12.4. The van der Waals surface area contributed by atoms with E-state index in [0.29, 0.717) is 17.0 Å². The lowest BCUT2D eigenvalue weighted by molar-refractivity contribution is 0.0981. The molecule has 2 rings (SSSR count). The van der Waals surface area contributed by atoms with Crippen LogP contribution in [0.15, 0.2) is 18.2 Å². The molecule has 3 atom stereocenters. The van der Waals surface area contributed by atoms with Gasteiger partial charge in [0.2, 0.25) is 0 Å². The number of nitrogens with one attached hydrogen (secondary N) is 1. The molecule has 1 aliphatic rings. The van der Waals surface area contributed by atoms with Crippen LogP contribution in [0.1, 0.15) is 45.6 Å². The molecule has 1 aliphatic carbocycles. The lowest BCUT2D eigenvalue weighted by atomic mass is 9.64. The average Bonchev–Trinajstić information content (AvgIpc) is 2.41. The molecule has 3 unspecified atom stereocenters. The summed E-state index contributed by atoms with van der Waals surface area (Å²) < 4.78 is 0. The van der Waals surface area contributed by atoms with Crippen molar-refractivity contribution in [2.75, 3.05) is 7.05 Å². The molecule has 1 aromatic rings. The van der Waals surface area contributed by atoms with Crippen molar-refractivity contribution >= 4 is 23.2 Å². The molecule has 3 heteroatoms. The van der Waals surface area contributed by atoms with E-state index >= 15 is 0 Å². The highest BCUT2D eigenvalue weighted by Crippen LogP contribution is 2.43. The first kappa shape index (κ1) is 17.1. The minimum Gasteiger partial charge on any atom is -0.317 e. The quantitative estimate of drug-likeness (QED) is 0.760. The predicted octanol–water partition coefficient (Wildman–Crippen LogP) is 5.59. The Morgan fingerprint density at radius 3 is 2.57 bits per heavy atom. The Labute approximate surface area is 139 Å². The lowest BCUT2D eigenvalue weighted by Crippen LogP contribution is -2.46. The number of rotatable bonds is 4. The second-order valence-corrected chi connectivity index (χ2v) is 8.16. The molecular weight excluding hydrogens is 301 g/mol. The molecule has 0 radical (unpaired) electrons. The highest BCUT2D eigenvalue weighted by Gasteiger charge is 2.38. The zero-order chi connectivity index (χ0) is 15.6. The van der Waals surface area contributed by atoms with Gasteiger partial charge < -0.3 is 5.32 Å². The normalized spacial score (nSPS) is 26.9. The first-order valence-corrected chi connectivity index (χ1v) is 8.70. The van der Waals surface area contributed by atoms with Crippen LogP contribution in [0, 0.1) is 17.3 Å². The van der Waals surface area contributed by atoms with Gasteiger partial charge in [-0.1, -0.05) is 56.5 Å². The van der Waals surface area contributed by atoms with Gasteiger partial charge in [0, 0.05) is 16.1 Å². The van der Waals surface area contributed by atoms with Gasteiger partial charge in [-0.15, -0.1) is 0 Å². The van der Waals surface area contributed by atoms with Crippen molar-refractivity contribution < 1.29 is 0 Å². The van der Waals surface area contributed by atoms with Crippen LogP contribution in [0.5, 0.6) is 0 Å². The third-order valence-corrected chi connectivity index (χ3v) is 5.74. The summed E-state index contributed by atoms with van der Waals surface area (Å²) in [7, 11) is 2.10. The molecule has 0 heterocycles. The first-order chi connectivity index (χ1) is 9.83. The van der Waals surface area contributed by atoms with Crippen LogP contribution < -0.4 is 5.32 Å².